The number of thiophene rings is 1. The monoisotopic (exact) mass is 413 g/mol. The van der Waals surface area contributed by atoms with Gasteiger partial charge in [0.1, 0.15) is 16.7 Å². The van der Waals surface area contributed by atoms with Crippen LogP contribution in [0.4, 0.5) is 5.13 Å². The van der Waals surface area contributed by atoms with Gasteiger partial charge in [0.2, 0.25) is 10.9 Å². The van der Waals surface area contributed by atoms with Crippen LogP contribution in [0.5, 0.6) is 5.75 Å². The molecule has 142 valence electrons. The average Bonchev–Trinajstić information content (AvgIpc) is 3.43. The van der Waals surface area contributed by atoms with E-state index in [1.54, 1.807) is 55.8 Å². The number of rotatable bonds is 5. The summed E-state index contributed by atoms with van der Waals surface area (Å²) in [5, 5.41) is 10.7. The van der Waals surface area contributed by atoms with E-state index in [9.17, 15) is 14.4 Å². The zero-order chi connectivity index (χ0) is 19.8. The van der Waals surface area contributed by atoms with Crippen molar-refractivity contribution in [2.75, 3.05) is 12.0 Å². The van der Waals surface area contributed by atoms with Gasteiger partial charge in [0.05, 0.1) is 18.0 Å². The summed E-state index contributed by atoms with van der Waals surface area (Å²) in [5.41, 5.74) is 0.655. The average molecular weight is 413 g/mol. The van der Waals surface area contributed by atoms with E-state index in [0.29, 0.717) is 26.3 Å². The zero-order valence-electron chi connectivity index (χ0n) is 15.0. The summed E-state index contributed by atoms with van der Waals surface area (Å²) < 4.78 is 5.19. The van der Waals surface area contributed by atoms with E-state index in [4.69, 9.17) is 4.74 Å². The molecule has 1 amide bonds. The SMILES string of the molecule is COc1ccc(C2C(C(=O)c3cccs3)C(=O)C(=O)N2c2nnc(C)s2)cc1. The van der Waals surface area contributed by atoms with Gasteiger partial charge in [-0.1, -0.05) is 29.5 Å². The van der Waals surface area contributed by atoms with E-state index in [-0.39, 0.29) is 5.78 Å². The lowest BCUT2D eigenvalue weighted by Gasteiger charge is -2.24. The second-order valence-corrected chi connectivity index (χ2v) is 8.29. The molecule has 7 nitrogen and oxygen atoms in total. The van der Waals surface area contributed by atoms with Crippen molar-refractivity contribution < 1.29 is 19.1 Å². The van der Waals surface area contributed by atoms with Crippen LogP contribution < -0.4 is 9.64 Å². The van der Waals surface area contributed by atoms with Gasteiger partial charge in [0.15, 0.2) is 5.78 Å². The molecule has 2 atom stereocenters. The van der Waals surface area contributed by atoms with Gasteiger partial charge in [-0.05, 0) is 36.1 Å². The number of Topliss-reactive ketones (excluding diaryl/α,β-unsaturated/α-hetero) is 2. The van der Waals surface area contributed by atoms with E-state index in [2.05, 4.69) is 10.2 Å². The molecule has 0 saturated carbocycles. The topological polar surface area (TPSA) is 89.5 Å². The van der Waals surface area contributed by atoms with Crippen molar-refractivity contribution >= 4 is 45.3 Å². The van der Waals surface area contributed by atoms with Crippen molar-refractivity contribution in [1.82, 2.24) is 10.2 Å². The maximum absolute atomic E-state index is 13.1. The van der Waals surface area contributed by atoms with Crippen LogP contribution in [0.3, 0.4) is 0 Å². The first kappa shape index (κ1) is 18.5. The molecule has 3 heterocycles. The van der Waals surface area contributed by atoms with Crippen LogP contribution in [-0.4, -0.2) is 34.8 Å². The van der Waals surface area contributed by atoms with Gasteiger partial charge in [0.25, 0.3) is 5.91 Å². The minimum atomic E-state index is -1.14. The number of nitrogens with zero attached hydrogens (tertiary/aromatic N) is 3. The van der Waals surface area contributed by atoms with Crippen molar-refractivity contribution in [3.05, 3.63) is 57.2 Å². The lowest BCUT2D eigenvalue weighted by molar-refractivity contribution is -0.135. The quantitative estimate of drug-likeness (QED) is 0.363. The minimum absolute atomic E-state index is 0.304. The van der Waals surface area contributed by atoms with E-state index in [1.807, 2.05) is 0 Å². The molecule has 0 aliphatic carbocycles. The number of anilines is 1. The maximum Gasteiger partial charge on any atom is 0.297 e. The molecule has 4 rings (SSSR count). The third-order valence-electron chi connectivity index (χ3n) is 4.53. The summed E-state index contributed by atoms with van der Waals surface area (Å²) in [5.74, 6) is -2.33. The number of aromatic nitrogens is 2. The maximum atomic E-state index is 13.1. The van der Waals surface area contributed by atoms with Crippen LogP contribution in [0.15, 0.2) is 41.8 Å². The van der Waals surface area contributed by atoms with Gasteiger partial charge in [-0.25, -0.2) is 0 Å². The molecule has 3 aromatic rings. The number of hydrogen-bond donors (Lipinski definition) is 0. The summed E-state index contributed by atoms with van der Waals surface area (Å²) in [4.78, 5) is 40.6. The third kappa shape index (κ3) is 3.02. The van der Waals surface area contributed by atoms with Crippen LogP contribution in [0.25, 0.3) is 0 Å². The molecule has 0 radical (unpaired) electrons. The van der Waals surface area contributed by atoms with E-state index in [0.717, 1.165) is 0 Å². The van der Waals surface area contributed by atoms with Crippen molar-refractivity contribution in [2.45, 2.75) is 13.0 Å². The van der Waals surface area contributed by atoms with E-state index >= 15 is 0 Å². The summed E-state index contributed by atoms with van der Waals surface area (Å²) in [7, 11) is 1.55. The standard InChI is InChI=1S/C19H15N3O4S2/c1-10-20-21-19(28-10)22-15(11-5-7-12(26-2)8-6-11)14(17(24)18(22)25)16(23)13-4-3-9-27-13/h3-9,14-15H,1-2H3. The first-order chi connectivity index (χ1) is 13.5. The molecule has 1 aliphatic heterocycles. The van der Waals surface area contributed by atoms with Crippen molar-refractivity contribution in [3.63, 3.8) is 0 Å². The van der Waals surface area contributed by atoms with Gasteiger partial charge >= 0.3 is 0 Å². The summed E-state index contributed by atoms with van der Waals surface area (Å²) in [6.45, 7) is 1.76. The fourth-order valence-electron chi connectivity index (χ4n) is 3.24. The molecule has 0 N–H and O–H groups in total. The molecule has 2 unspecified atom stereocenters. The van der Waals surface area contributed by atoms with Gasteiger partial charge in [-0.3, -0.25) is 19.3 Å². The van der Waals surface area contributed by atoms with Gasteiger partial charge in [0, 0.05) is 0 Å². The van der Waals surface area contributed by atoms with Crippen molar-refractivity contribution in [3.8, 4) is 5.75 Å². The summed E-state index contributed by atoms with van der Waals surface area (Å²) >= 11 is 2.45. The van der Waals surface area contributed by atoms with Gasteiger partial charge in [-0.15, -0.1) is 21.5 Å². The molecule has 2 aromatic heterocycles. The molecule has 0 spiro atoms. The van der Waals surface area contributed by atoms with Crippen LogP contribution in [0.1, 0.15) is 26.3 Å². The van der Waals surface area contributed by atoms with E-state index in [1.165, 1.54) is 27.6 Å². The molecule has 1 aromatic carbocycles. The van der Waals surface area contributed by atoms with Crippen molar-refractivity contribution in [1.29, 1.82) is 0 Å². The Morgan fingerprint density at radius 2 is 1.89 bits per heavy atom. The number of ether oxygens (including phenoxy) is 1. The fourth-order valence-corrected chi connectivity index (χ4v) is 4.66. The number of methoxy groups -OCH3 is 1. The molecule has 28 heavy (non-hydrogen) atoms. The molecule has 1 fully saturated rings. The Morgan fingerprint density at radius 1 is 1.14 bits per heavy atom. The summed E-state index contributed by atoms with van der Waals surface area (Å²) in [6, 6.07) is 9.60. The first-order valence-electron chi connectivity index (χ1n) is 8.40. The predicted octanol–water partition coefficient (Wildman–Crippen LogP) is 3.07. The van der Waals surface area contributed by atoms with E-state index < -0.39 is 23.7 Å². The largest absolute Gasteiger partial charge is 0.497 e. The Labute approximate surface area is 168 Å². The zero-order valence-corrected chi connectivity index (χ0v) is 16.6. The predicted molar refractivity (Wildman–Crippen MR) is 105 cm³/mol. The Morgan fingerprint density at radius 3 is 2.46 bits per heavy atom. The van der Waals surface area contributed by atoms with Crippen molar-refractivity contribution in [2.24, 2.45) is 5.92 Å². The molecule has 1 saturated heterocycles. The number of aryl methyl sites for hydroxylation is 1. The Bertz CT molecular complexity index is 1040. The second-order valence-electron chi connectivity index (χ2n) is 6.18. The number of carbonyl (C=O) groups is 3. The minimum Gasteiger partial charge on any atom is -0.497 e. The molecular weight excluding hydrogens is 398 g/mol. The lowest BCUT2D eigenvalue weighted by Crippen LogP contribution is -2.30. The third-order valence-corrected chi connectivity index (χ3v) is 6.25. The lowest BCUT2D eigenvalue weighted by atomic mass is 9.88. The fraction of sp³-hybridized carbons (Fsp3) is 0.211. The van der Waals surface area contributed by atoms with Gasteiger partial charge < -0.3 is 4.74 Å². The number of amides is 1. The highest BCUT2D eigenvalue weighted by Gasteiger charge is 2.53. The second kappa shape index (κ2) is 7.25. The Balaban J connectivity index is 1.84. The Hall–Kier alpha value is -2.91. The first-order valence-corrected chi connectivity index (χ1v) is 10.1. The van der Waals surface area contributed by atoms with Crippen LogP contribution >= 0.6 is 22.7 Å². The Kier molecular flexibility index (Phi) is 4.78. The smallest absolute Gasteiger partial charge is 0.297 e. The number of ketones is 2. The highest BCUT2D eigenvalue weighted by Crippen LogP contribution is 2.42. The number of carbonyl (C=O) groups excluding carboxylic acids is 3. The van der Waals surface area contributed by atoms with Gasteiger partial charge in [-0.2, -0.15) is 0 Å². The molecular formula is C19H15N3O4S2. The normalized spacial score (nSPS) is 19.3. The molecule has 1 aliphatic rings. The highest BCUT2D eigenvalue weighted by molar-refractivity contribution is 7.15. The molecule has 0 bridgehead atoms. The van der Waals surface area contributed by atoms with Crippen LogP contribution in [0, 0.1) is 12.8 Å². The van der Waals surface area contributed by atoms with Crippen LogP contribution in [-0.2, 0) is 9.59 Å². The molecule has 9 heteroatoms. The highest BCUT2D eigenvalue weighted by atomic mass is 32.1. The summed E-state index contributed by atoms with van der Waals surface area (Å²) in [6.07, 6.45) is 0. The number of hydrogen-bond acceptors (Lipinski definition) is 8. The van der Waals surface area contributed by atoms with Crippen LogP contribution in [0.2, 0.25) is 0 Å². The number of benzene rings is 1.